The van der Waals surface area contributed by atoms with Crippen LogP contribution in [0.1, 0.15) is 16.0 Å². The van der Waals surface area contributed by atoms with E-state index in [0.29, 0.717) is 16.6 Å². The predicted molar refractivity (Wildman–Crippen MR) is 95.2 cm³/mol. The van der Waals surface area contributed by atoms with Gasteiger partial charge >= 0.3 is 11.0 Å². The number of alkyl halides is 3. The summed E-state index contributed by atoms with van der Waals surface area (Å²) >= 11 is 12.8. The van der Waals surface area contributed by atoms with Crippen molar-refractivity contribution in [2.75, 3.05) is 0 Å². The number of hydrogen-bond acceptors (Lipinski definition) is 5. The van der Waals surface area contributed by atoms with Crippen LogP contribution in [-0.4, -0.2) is 15.1 Å². The molecule has 2 N–H and O–H groups in total. The number of aromatic amines is 1. The van der Waals surface area contributed by atoms with E-state index in [1.807, 2.05) is 0 Å². The third kappa shape index (κ3) is 4.55. The maximum Gasteiger partial charge on any atom is 0.417 e. The first-order valence-corrected chi connectivity index (χ1v) is 8.80. The quantitative estimate of drug-likeness (QED) is 0.585. The van der Waals surface area contributed by atoms with Crippen LogP contribution >= 0.6 is 34.5 Å². The van der Waals surface area contributed by atoms with Crippen LogP contribution in [0.2, 0.25) is 10.0 Å². The standard InChI is InChI=1S/C16H9Cl2F3N2O3S/c17-10-5-9(2-1-7(10)3-12-13(24)23-15(25)27-12)26-14-11(18)4-8(6-22-14)16(19,20)21/h1-2,4-6,24H,3H2,(H,23,25). The van der Waals surface area contributed by atoms with E-state index in [9.17, 15) is 23.1 Å². The molecule has 3 rings (SSSR count). The molecule has 11 heteroatoms. The van der Waals surface area contributed by atoms with Gasteiger partial charge < -0.3 is 9.84 Å². The van der Waals surface area contributed by atoms with Crippen LogP contribution in [0.5, 0.6) is 17.5 Å². The van der Waals surface area contributed by atoms with E-state index in [-0.39, 0.29) is 38.8 Å². The second kappa shape index (κ2) is 7.41. The largest absolute Gasteiger partial charge is 0.494 e. The van der Waals surface area contributed by atoms with Crippen molar-refractivity contribution in [2.24, 2.45) is 0 Å². The molecule has 0 unspecified atom stereocenters. The zero-order valence-electron chi connectivity index (χ0n) is 13.1. The first-order valence-electron chi connectivity index (χ1n) is 7.23. The van der Waals surface area contributed by atoms with Gasteiger partial charge in [0.25, 0.3) is 0 Å². The summed E-state index contributed by atoms with van der Waals surface area (Å²) in [5.74, 6) is -0.207. The summed E-state index contributed by atoms with van der Waals surface area (Å²) in [6.07, 6.45) is -3.73. The molecule has 142 valence electrons. The molecular formula is C16H9Cl2F3N2O3S. The summed E-state index contributed by atoms with van der Waals surface area (Å²) in [5.41, 5.74) is -0.375. The second-order valence-electron chi connectivity index (χ2n) is 5.33. The number of nitrogens with zero attached hydrogens (tertiary/aromatic N) is 1. The number of nitrogens with one attached hydrogen (secondary N) is 1. The minimum absolute atomic E-state index is 0.199. The van der Waals surface area contributed by atoms with Gasteiger partial charge in [-0.15, -0.1) is 0 Å². The lowest BCUT2D eigenvalue weighted by Gasteiger charge is -2.11. The van der Waals surface area contributed by atoms with E-state index >= 15 is 0 Å². The monoisotopic (exact) mass is 436 g/mol. The van der Waals surface area contributed by atoms with Crippen molar-refractivity contribution in [3.8, 4) is 17.5 Å². The SMILES string of the molecule is O=c1[nH]c(O)c(Cc2ccc(Oc3ncc(C(F)(F)F)cc3Cl)cc2Cl)s1. The Hall–Kier alpha value is -2.23. The number of rotatable bonds is 4. The predicted octanol–water partition coefficient (Wildman–Crippen LogP) is 5.25. The Morgan fingerprint density at radius 1 is 1.22 bits per heavy atom. The lowest BCUT2D eigenvalue weighted by Crippen LogP contribution is -2.05. The fourth-order valence-electron chi connectivity index (χ4n) is 2.15. The van der Waals surface area contributed by atoms with Crippen LogP contribution in [0.25, 0.3) is 0 Å². The number of thiazole rings is 1. The number of H-pyrrole nitrogens is 1. The molecule has 0 aliphatic carbocycles. The highest BCUT2D eigenvalue weighted by molar-refractivity contribution is 7.09. The number of ether oxygens (including phenoxy) is 1. The average molecular weight is 437 g/mol. The molecule has 0 radical (unpaired) electrons. The van der Waals surface area contributed by atoms with Crippen LogP contribution < -0.4 is 9.61 Å². The molecule has 5 nitrogen and oxygen atoms in total. The molecule has 0 saturated heterocycles. The lowest BCUT2D eigenvalue weighted by atomic mass is 10.1. The second-order valence-corrected chi connectivity index (χ2v) is 7.21. The maximum atomic E-state index is 12.6. The summed E-state index contributed by atoms with van der Waals surface area (Å²) in [6.45, 7) is 0. The molecule has 2 heterocycles. The molecule has 0 aliphatic rings. The van der Waals surface area contributed by atoms with E-state index in [0.717, 1.165) is 17.4 Å². The minimum Gasteiger partial charge on any atom is -0.494 e. The molecule has 1 aromatic carbocycles. The molecule has 0 spiro atoms. The highest BCUT2D eigenvalue weighted by Gasteiger charge is 2.31. The molecule has 0 saturated carbocycles. The molecule has 0 bridgehead atoms. The van der Waals surface area contributed by atoms with Crippen molar-refractivity contribution in [1.29, 1.82) is 0 Å². The Kier molecular flexibility index (Phi) is 5.36. The molecular weight excluding hydrogens is 428 g/mol. The highest BCUT2D eigenvalue weighted by atomic mass is 35.5. The normalized spacial score (nSPS) is 11.6. The number of pyridine rings is 1. The van der Waals surface area contributed by atoms with Gasteiger partial charge in [0.2, 0.25) is 11.8 Å². The summed E-state index contributed by atoms with van der Waals surface area (Å²) in [4.78, 5) is 17.1. The Morgan fingerprint density at radius 2 is 1.96 bits per heavy atom. The molecule has 0 aliphatic heterocycles. The molecule has 0 fully saturated rings. The smallest absolute Gasteiger partial charge is 0.417 e. The molecule has 0 amide bonds. The van der Waals surface area contributed by atoms with Gasteiger partial charge in [-0.3, -0.25) is 9.78 Å². The summed E-state index contributed by atoms with van der Waals surface area (Å²) < 4.78 is 43.3. The first kappa shape index (κ1) is 19.5. The van der Waals surface area contributed by atoms with E-state index in [4.69, 9.17) is 27.9 Å². The van der Waals surface area contributed by atoms with E-state index < -0.39 is 11.7 Å². The summed E-state index contributed by atoms with van der Waals surface area (Å²) in [6, 6.07) is 5.26. The summed E-state index contributed by atoms with van der Waals surface area (Å²) in [7, 11) is 0. The van der Waals surface area contributed by atoms with Crippen molar-refractivity contribution in [3.05, 3.63) is 66.2 Å². The van der Waals surface area contributed by atoms with Crippen molar-refractivity contribution >= 4 is 34.5 Å². The number of aromatic hydroxyl groups is 1. The van der Waals surface area contributed by atoms with E-state index in [1.165, 1.54) is 12.1 Å². The van der Waals surface area contributed by atoms with Gasteiger partial charge in [0.05, 0.1) is 10.4 Å². The number of benzene rings is 1. The lowest BCUT2D eigenvalue weighted by molar-refractivity contribution is -0.137. The van der Waals surface area contributed by atoms with Gasteiger partial charge in [-0.2, -0.15) is 13.2 Å². The van der Waals surface area contributed by atoms with Crippen LogP contribution in [0.4, 0.5) is 13.2 Å². The van der Waals surface area contributed by atoms with Crippen molar-refractivity contribution in [2.45, 2.75) is 12.6 Å². The van der Waals surface area contributed by atoms with E-state index in [2.05, 4.69) is 9.97 Å². The van der Waals surface area contributed by atoms with Crippen LogP contribution in [0, 0.1) is 0 Å². The summed E-state index contributed by atoms with van der Waals surface area (Å²) in [5, 5.41) is 9.60. The highest BCUT2D eigenvalue weighted by Crippen LogP contribution is 2.35. The Bertz CT molecular complexity index is 1050. The maximum absolute atomic E-state index is 12.6. The third-order valence-electron chi connectivity index (χ3n) is 3.43. The average Bonchev–Trinajstić information content (AvgIpc) is 2.88. The van der Waals surface area contributed by atoms with Crippen LogP contribution in [-0.2, 0) is 12.6 Å². The number of halogens is 5. The van der Waals surface area contributed by atoms with Gasteiger partial charge in [-0.25, -0.2) is 4.98 Å². The van der Waals surface area contributed by atoms with Crippen LogP contribution in [0.15, 0.2) is 35.3 Å². The van der Waals surface area contributed by atoms with Gasteiger partial charge in [0.1, 0.15) is 10.8 Å². The zero-order valence-corrected chi connectivity index (χ0v) is 15.4. The van der Waals surface area contributed by atoms with Gasteiger partial charge in [-0.05, 0) is 23.8 Å². The molecule has 2 aromatic heterocycles. The molecule has 0 atom stereocenters. The van der Waals surface area contributed by atoms with E-state index in [1.54, 1.807) is 6.07 Å². The first-order chi connectivity index (χ1) is 12.6. The Morgan fingerprint density at radius 3 is 2.52 bits per heavy atom. The van der Waals surface area contributed by atoms with Crippen molar-refractivity contribution in [3.63, 3.8) is 0 Å². The van der Waals surface area contributed by atoms with Gasteiger partial charge in [0, 0.05) is 17.6 Å². The Balaban J connectivity index is 1.80. The zero-order chi connectivity index (χ0) is 19.8. The number of hydrogen-bond donors (Lipinski definition) is 2. The number of aromatic nitrogens is 2. The van der Waals surface area contributed by atoms with Crippen molar-refractivity contribution in [1.82, 2.24) is 9.97 Å². The fraction of sp³-hybridized carbons (Fsp3) is 0.125. The van der Waals surface area contributed by atoms with Crippen molar-refractivity contribution < 1.29 is 23.0 Å². The molecule has 3 aromatic rings. The van der Waals surface area contributed by atoms with Gasteiger partial charge in [-0.1, -0.05) is 40.6 Å². The fourth-order valence-corrected chi connectivity index (χ4v) is 3.34. The molecule has 27 heavy (non-hydrogen) atoms. The minimum atomic E-state index is -4.56. The Labute approximate surface area is 164 Å². The third-order valence-corrected chi connectivity index (χ3v) is 4.92. The van der Waals surface area contributed by atoms with Gasteiger partial charge in [0.15, 0.2) is 0 Å². The topological polar surface area (TPSA) is 75.2 Å². The van der Waals surface area contributed by atoms with Crippen LogP contribution in [0.3, 0.4) is 0 Å².